The van der Waals surface area contributed by atoms with E-state index in [0.717, 1.165) is 10.2 Å². The largest absolute Gasteiger partial charge is 0.507 e. The molecule has 1 aromatic heterocycles. The number of hydrogen-bond donors (Lipinski definition) is 2. The molecule has 6 heteroatoms. The van der Waals surface area contributed by atoms with Gasteiger partial charge in [0.25, 0.3) is 5.91 Å². The topological polar surface area (TPSA) is 62.2 Å². The summed E-state index contributed by atoms with van der Waals surface area (Å²) in [5.74, 6) is -0.456. The Labute approximate surface area is 123 Å². The number of fused-ring (bicyclic) bond motifs is 1. The molecule has 0 saturated heterocycles. The minimum atomic E-state index is -0.395. The van der Waals surface area contributed by atoms with Crippen LogP contribution in [0.25, 0.3) is 10.2 Å². The molecule has 0 radical (unpaired) electrons. The molecule has 1 amide bonds. The number of nitrogens with one attached hydrogen (secondary N) is 1. The van der Waals surface area contributed by atoms with Crippen LogP contribution in [-0.2, 0) is 0 Å². The minimum absolute atomic E-state index is 0.0610. The van der Waals surface area contributed by atoms with Gasteiger partial charge in [0.05, 0.1) is 15.8 Å². The molecule has 4 nitrogen and oxygen atoms in total. The second kappa shape index (κ2) is 5.11. The highest BCUT2D eigenvalue weighted by Crippen LogP contribution is 2.29. The number of thiazole rings is 1. The third kappa shape index (κ3) is 2.45. The van der Waals surface area contributed by atoms with Gasteiger partial charge in [0.2, 0.25) is 0 Å². The van der Waals surface area contributed by atoms with Crippen LogP contribution in [0, 0.1) is 0 Å². The Morgan fingerprint density at radius 3 is 2.85 bits per heavy atom. The van der Waals surface area contributed by atoms with Crippen molar-refractivity contribution in [1.82, 2.24) is 4.98 Å². The average molecular weight is 305 g/mol. The van der Waals surface area contributed by atoms with E-state index in [1.54, 1.807) is 36.4 Å². The van der Waals surface area contributed by atoms with Gasteiger partial charge in [0.15, 0.2) is 5.13 Å². The summed E-state index contributed by atoms with van der Waals surface area (Å²) in [6, 6.07) is 11.7. The smallest absolute Gasteiger partial charge is 0.261 e. The summed E-state index contributed by atoms with van der Waals surface area (Å²) >= 11 is 7.24. The Hall–Kier alpha value is -2.11. The summed E-state index contributed by atoms with van der Waals surface area (Å²) in [5.41, 5.74) is 0.983. The zero-order chi connectivity index (χ0) is 14.1. The van der Waals surface area contributed by atoms with Crippen LogP contribution in [0.2, 0.25) is 5.02 Å². The standard InChI is InChI=1S/C14H9ClN2O2S/c15-8-5-6-10-12(7-8)20-14(16-10)17-13(19)9-3-1-2-4-11(9)18/h1-7,18H,(H,16,17,19). The SMILES string of the molecule is O=C(Nc1nc2ccc(Cl)cc2s1)c1ccccc1O. The second-order valence-electron chi connectivity index (χ2n) is 4.10. The second-order valence-corrected chi connectivity index (χ2v) is 5.57. The number of halogens is 1. The Kier molecular flexibility index (Phi) is 3.30. The number of aromatic hydroxyl groups is 1. The number of nitrogens with zero attached hydrogens (tertiary/aromatic N) is 1. The number of amides is 1. The average Bonchev–Trinajstić information content (AvgIpc) is 2.80. The van der Waals surface area contributed by atoms with Crippen molar-refractivity contribution in [2.75, 3.05) is 5.32 Å². The third-order valence-electron chi connectivity index (χ3n) is 2.72. The van der Waals surface area contributed by atoms with E-state index in [0.29, 0.717) is 10.2 Å². The van der Waals surface area contributed by atoms with Gasteiger partial charge in [-0.05, 0) is 30.3 Å². The molecule has 0 unspecified atom stereocenters. The molecule has 0 aliphatic rings. The van der Waals surface area contributed by atoms with E-state index in [1.165, 1.54) is 17.4 Å². The third-order valence-corrected chi connectivity index (χ3v) is 3.89. The molecule has 0 bridgehead atoms. The van der Waals surface area contributed by atoms with Crippen molar-refractivity contribution in [2.24, 2.45) is 0 Å². The Morgan fingerprint density at radius 1 is 1.25 bits per heavy atom. The number of carbonyl (C=O) groups excluding carboxylic acids is 1. The Morgan fingerprint density at radius 2 is 2.05 bits per heavy atom. The molecule has 0 saturated carbocycles. The van der Waals surface area contributed by atoms with Gasteiger partial charge in [-0.2, -0.15) is 0 Å². The van der Waals surface area contributed by atoms with Crippen molar-refractivity contribution < 1.29 is 9.90 Å². The number of benzene rings is 2. The van der Waals surface area contributed by atoms with Crippen LogP contribution in [0.3, 0.4) is 0 Å². The predicted octanol–water partition coefficient (Wildman–Crippen LogP) is 3.91. The quantitative estimate of drug-likeness (QED) is 0.754. The number of phenols is 1. The van der Waals surface area contributed by atoms with Crippen LogP contribution < -0.4 is 5.32 Å². The van der Waals surface area contributed by atoms with E-state index in [9.17, 15) is 9.90 Å². The zero-order valence-corrected chi connectivity index (χ0v) is 11.7. The first-order chi connectivity index (χ1) is 9.63. The molecule has 2 N–H and O–H groups in total. The highest BCUT2D eigenvalue weighted by Gasteiger charge is 2.13. The fourth-order valence-electron chi connectivity index (χ4n) is 1.78. The van der Waals surface area contributed by atoms with Crippen LogP contribution >= 0.6 is 22.9 Å². The summed E-state index contributed by atoms with van der Waals surface area (Å²) in [6.45, 7) is 0. The predicted molar refractivity (Wildman–Crippen MR) is 80.7 cm³/mol. The van der Waals surface area contributed by atoms with Gasteiger partial charge in [0, 0.05) is 5.02 Å². The summed E-state index contributed by atoms with van der Waals surface area (Å²) in [4.78, 5) is 16.3. The van der Waals surface area contributed by atoms with Crippen molar-refractivity contribution in [3.8, 4) is 5.75 Å². The van der Waals surface area contributed by atoms with E-state index in [1.807, 2.05) is 0 Å². The van der Waals surface area contributed by atoms with Crippen molar-refractivity contribution in [2.45, 2.75) is 0 Å². The van der Waals surface area contributed by atoms with Crippen molar-refractivity contribution in [3.63, 3.8) is 0 Å². The van der Waals surface area contributed by atoms with Crippen molar-refractivity contribution >= 4 is 44.2 Å². The monoisotopic (exact) mass is 304 g/mol. The van der Waals surface area contributed by atoms with Crippen LogP contribution in [0.1, 0.15) is 10.4 Å². The van der Waals surface area contributed by atoms with Gasteiger partial charge in [-0.3, -0.25) is 10.1 Å². The van der Waals surface area contributed by atoms with Crippen LogP contribution in [0.15, 0.2) is 42.5 Å². The van der Waals surface area contributed by atoms with Gasteiger partial charge < -0.3 is 5.11 Å². The summed E-state index contributed by atoms with van der Waals surface area (Å²) in [7, 11) is 0. The zero-order valence-electron chi connectivity index (χ0n) is 10.1. The highest BCUT2D eigenvalue weighted by molar-refractivity contribution is 7.22. The molecular formula is C14H9ClN2O2S. The first-order valence-corrected chi connectivity index (χ1v) is 6.98. The van der Waals surface area contributed by atoms with Crippen molar-refractivity contribution in [3.05, 3.63) is 53.1 Å². The number of aromatic nitrogens is 1. The number of carbonyl (C=O) groups is 1. The molecule has 2 aromatic carbocycles. The fraction of sp³-hybridized carbons (Fsp3) is 0. The summed E-state index contributed by atoms with van der Waals surface area (Å²) < 4.78 is 0.894. The van der Waals surface area contributed by atoms with Crippen LogP contribution in [-0.4, -0.2) is 16.0 Å². The van der Waals surface area contributed by atoms with Gasteiger partial charge in [0.1, 0.15) is 5.75 Å². The maximum absolute atomic E-state index is 12.0. The van der Waals surface area contributed by atoms with Crippen LogP contribution in [0.4, 0.5) is 5.13 Å². The first kappa shape index (κ1) is 12.9. The molecular weight excluding hydrogens is 296 g/mol. The van der Waals surface area contributed by atoms with Crippen LogP contribution in [0.5, 0.6) is 5.75 Å². The van der Waals surface area contributed by atoms with E-state index in [2.05, 4.69) is 10.3 Å². The molecule has 100 valence electrons. The molecule has 20 heavy (non-hydrogen) atoms. The number of phenolic OH excluding ortho intramolecular Hbond substituents is 1. The number of rotatable bonds is 2. The van der Waals surface area contributed by atoms with E-state index < -0.39 is 5.91 Å². The lowest BCUT2D eigenvalue weighted by Gasteiger charge is -2.03. The lowest BCUT2D eigenvalue weighted by atomic mass is 10.2. The minimum Gasteiger partial charge on any atom is -0.507 e. The van der Waals surface area contributed by atoms with Gasteiger partial charge in [-0.25, -0.2) is 4.98 Å². The maximum Gasteiger partial charge on any atom is 0.261 e. The Balaban J connectivity index is 1.89. The molecule has 0 atom stereocenters. The first-order valence-electron chi connectivity index (χ1n) is 5.79. The van der Waals surface area contributed by atoms with Gasteiger partial charge >= 0.3 is 0 Å². The van der Waals surface area contributed by atoms with Gasteiger partial charge in [-0.15, -0.1) is 0 Å². The van der Waals surface area contributed by atoms with E-state index >= 15 is 0 Å². The fourth-order valence-corrected chi connectivity index (χ4v) is 2.92. The lowest BCUT2D eigenvalue weighted by Crippen LogP contribution is -2.11. The summed E-state index contributed by atoms with van der Waals surface area (Å²) in [6.07, 6.45) is 0. The summed E-state index contributed by atoms with van der Waals surface area (Å²) in [5, 5.41) is 13.4. The van der Waals surface area contributed by atoms with Crippen molar-refractivity contribution in [1.29, 1.82) is 0 Å². The maximum atomic E-state index is 12.0. The number of para-hydroxylation sites is 1. The molecule has 3 aromatic rings. The molecule has 0 aliphatic heterocycles. The normalized spacial score (nSPS) is 10.7. The molecule has 1 heterocycles. The Bertz CT molecular complexity index is 801. The number of anilines is 1. The molecule has 0 spiro atoms. The lowest BCUT2D eigenvalue weighted by molar-refractivity contribution is 0.102. The molecule has 3 rings (SSSR count). The van der Waals surface area contributed by atoms with E-state index in [4.69, 9.17) is 11.6 Å². The van der Waals surface area contributed by atoms with Gasteiger partial charge in [-0.1, -0.05) is 35.1 Å². The number of hydrogen-bond acceptors (Lipinski definition) is 4. The highest BCUT2D eigenvalue weighted by atomic mass is 35.5. The molecule has 0 fully saturated rings. The van der Waals surface area contributed by atoms with E-state index in [-0.39, 0.29) is 11.3 Å². The molecule has 0 aliphatic carbocycles.